The maximum absolute atomic E-state index is 5.21. The minimum absolute atomic E-state index is 0.640. The smallest absolute Gasteiger partial charge is 0.164 e. The molecule has 0 radical (unpaired) electrons. The van der Waals surface area contributed by atoms with Gasteiger partial charge < -0.3 is 0 Å². The van der Waals surface area contributed by atoms with Gasteiger partial charge >= 0.3 is 0 Å². The summed E-state index contributed by atoms with van der Waals surface area (Å²) in [5.41, 5.74) is 7.59. The van der Waals surface area contributed by atoms with Crippen molar-refractivity contribution in [2.24, 2.45) is 0 Å². The van der Waals surface area contributed by atoms with Crippen LogP contribution in [0.15, 0.2) is 188 Å². The van der Waals surface area contributed by atoms with Crippen LogP contribution < -0.4 is 0 Å². The van der Waals surface area contributed by atoms with E-state index in [1.54, 1.807) is 0 Å². The zero-order valence-corrected chi connectivity index (χ0v) is 28.2. The Labute approximate surface area is 301 Å². The molecule has 10 aromatic rings. The molecule has 10 rings (SSSR count). The molecule has 0 aliphatic carbocycles. The van der Waals surface area contributed by atoms with E-state index in [1.165, 1.54) is 38.1 Å². The minimum Gasteiger partial charge on any atom is -0.208 e. The van der Waals surface area contributed by atoms with Gasteiger partial charge in [0.15, 0.2) is 17.5 Å². The van der Waals surface area contributed by atoms with Gasteiger partial charge in [0.25, 0.3) is 0 Å². The van der Waals surface area contributed by atoms with Crippen molar-refractivity contribution in [2.75, 3.05) is 0 Å². The molecule has 0 atom stereocenters. The Bertz CT molecular complexity index is 2960. The summed E-state index contributed by atoms with van der Waals surface area (Å²) in [6.45, 7) is 0. The summed E-state index contributed by atoms with van der Waals surface area (Å²) in [5, 5.41) is 9.39. The minimum atomic E-state index is 0.640. The molecule has 0 saturated heterocycles. The Morgan fingerprint density at radius 3 is 1.48 bits per heavy atom. The first-order chi connectivity index (χ1) is 25.7. The van der Waals surface area contributed by atoms with Crippen LogP contribution in [0.5, 0.6) is 0 Å². The molecule has 3 nitrogen and oxygen atoms in total. The normalized spacial score (nSPS) is 11.5. The molecule has 1 heterocycles. The lowest BCUT2D eigenvalue weighted by atomic mass is 9.97. The lowest BCUT2D eigenvalue weighted by Gasteiger charge is -2.13. The van der Waals surface area contributed by atoms with E-state index < -0.39 is 0 Å². The summed E-state index contributed by atoms with van der Waals surface area (Å²) >= 11 is 0. The second-order valence-corrected chi connectivity index (χ2v) is 13.2. The highest BCUT2D eigenvalue weighted by atomic mass is 15.0. The van der Waals surface area contributed by atoms with Crippen LogP contribution in [0.4, 0.5) is 0 Å². The van der Waals surface area contributed by atoms with Crippen molar-refractivity contribution >= 4 is 43.1 Å². The van der Waals surface area contributed by atoms with E-state index in [9.17, 15) is 0 Å². The second-order valence-electron chi connectivity index (χ2n) is 13.2. The number of fused-ring (bicyclic) bond motifs is 5. The van der Waals surface area contributed by atoms with E-state index in [4.69, 9.17) is 15.0 Å². The topological polar surface area (TPSA) is 38.7 Å². The number of hydrogen-bond acceptors (Lipinski definition) is 3. The van der Waals surface area contributed by atoms with E-state index in [2.05, 4.69) is 188 Å². The van der Waals surface area contributed by atoms with Crippen molar-refractivity contribution in [1.82, 2.24) is 15.0 Å². The van der Waals surface area contributed by atoms with Crippen molar-refractivity contribution < 1.29 is 0 Å². The van der Waals surface area contributed by atoms with Gasteiger partial charge in [-0.15, -0.1) is 0 Å². The van der Waals surface area contributed by atoms with Crippen LogP contribution in [0, 0.1) is 0 Å². The highest BCUT2D eigenvalue weighted by Gasteiger charge is 2.17. The van der Waals surface area contributed by atoms with Crippen molar-refractivity contribution in [1.29, 1.82) is 0 Å². The van der Waals surface area contributed by atoms with Gasteiger partial charge in [-0.05, 0) is 83.5 Å². The molecule has 0 saturated carbocycles. The summed E-state index contributed by atoms with van der Waals surface area (Å²) in [6.07, 6.45) is 0. The van der Waals surface area contributed by atoms with Gasteiger partial charge in [-0.3, -0.25) is 0 Å². The molecule has 1 aromatic heterocycles. The highest BCUT2D eigenvalue weighted by molar-refractivity contribution is 6.11. The highest BCUT2D eigenvalue weighted by Crippen LogP contribution is 2.36. The van der Waals surface area contributed by atoms with Gasteiger partial charge in [-0.25, -0.2) is 15.0 Å². The standard InChI is InChI=1S/C49H31N3/c1-2-11-32(12-3-1)36-23-24-39-30-37(25-26-38(39)29-36)35-16-8-17-40(31-35)47-50-48(45-21-9-15-33-13-4-7-19-42(33)45)52-49(51-47)46-22-10-20-43-41-18-6-5-14-34(41)27-28-44(43)46/h1-31H. The predicted octanol–water partition coefficient (Wildman–Crippen LogP) is 12.8. The van der Waals surface area contributed by atoms with Crippen LogP contribution in [-0.2, 0) is 0 Å². The van der Waals surface area contributed by atoms with Crippen LogP contribution in [0.2, 0.25) is 0 Å². The van der Waals surface area contributed by atoms with Crippen molar-refractivity contribution in [3.8, 4) is 56.4 Å². The molecule has 0 spiro atoms. The maximum Gasteiger partial charge on any atom is 0.164 e. The lowest BCUT2D eigenvalue weighted by molar-refractivity contribution is 1.08. The second kappa shape index (κ2) is 12.4. The van der Waals surface area contributed by atoms with Crippen LogP contribution >= 0.6 is 0 Å². The first-order valence-corrected chi connectivity index (χ1v) is 17.6. The van der Waals surface area contributed by atoms with Crippen molar-refractivity contribution in [3.63, 3.8) is 0 Å². The number of nitrogens with zero attached hydrogens (tertiary/aromatic N) is 3. The molecule has 9 aromatic carbocycles. The zero-order chi connectivity index (χ0) is 34.4. The fourth-order valence-electron chi connectivity index (χ4n) is 7.47. The van der Waals surface area contributed by atoms with E-state index in [-0.39, 0.29) is 0 Å². The third-order valence-corrected chi connectivity index (χ3v) is 10.1. The molecule has 0 N–H and O–H groups in total. The molecular weight excluding hydrogens is 631 g/mol. The summed E-state index contributed by atoms with van der Waals surface area (Å²) in [4.78, 5) is 15.6. The van der Waals surface area contributed by atoms with Gasteiger partial charge in [0.2, 0.25) is 0 Å². The molecule has 0 unspecified atom stereocenters. The molecule has 0 amide bonds. The molecule has 0 aliphatic rings. The van der Waals surface area contributed by atoms with E-state index >= 15 is 0 Å². The Morgan fingerprint density at radius 2 is 0.712 bits per heavy atom. The quantitative estimate of drug-likeness (QED) is 0.172. The Morgan fingerprint density at radius 1 is 0.231 bits per heavy atom. The Balaban J connectivity index is 1.13. The first kappa shape index (κ1) is 29.9. The predicted molar refractivity (Wildman–Crippen MR) is 217 cm³/mol. The fraction of sp³-hybridized carbons (Fsp3) is 0. The summed E-state index contributed by atoms with van der Waals surface area (Å²) in [6, 6.07) is 66.5. The molecule has 242 valence electrons. The third kappa shape index (κ3) is 5.28. The van der Waals surface area contributed by atoms with Crippen molar-refractivity contribution in [2.45, 2.75) is 0 Å². The fourth-order valence-corrected chi connectivity index (χ4v) is 7.47. The number of hydrogen-bond donors (Lipinski definition) is 0. The molecule has 52 heavy (non-hydrogen) atoms. The number of aromatic nitrogens is 3. The van der Waals surface area contributed by atoms with Crippen LogP contribution in [0.3, 0.4) is 0 Å². The van der Waals surface area contributed by atoms with E-state index in [1.807, 2.05) is 0 Å². The van der Waals surface area contributed by atoms with Crippen LogP contribution in [0.1, 0.15) is 0 Å². The van der Waals surface area contributed by atoms with Crippen LogP contribution in [0.25, 0.3) is 99.5 Å². The molecule has 0 aliphatic heterocycles. The average molecular weight is 662 g/mol. The average Bonchev–Trinajstić information content (AvgIpc) is 3.23. The molecule has 0 bridgehead atoms. The molecule has 0 fully saturated rings. The van der Waals surface area contributed by atoms with Gasteiger partial charge in [-0.2, -0.15) is 0 Å². The zero-order valence-electron chi connectivity index (χ0n) is 28.2. The summed E-state index contributed by atoms with van der Waals surface area (Å²) in [5.74, 6) is 1.94. The maximum atomic E-state index is 5.21. The molecule has 3 heteroatoms. The summed E-state index contributed by atoms with van der Waals surface area (Å²) in [7, 11) is 0. The van der Waals surface area contributed by atoms with Crippen LogP contribution in [-0.4, -0.2) is 15.0 Å². The third-order valence-electron chi connectivity index (χ3n) is 10.1. The van der Waals surface area contributed by atoms with Gasteiger partial charge in [-0.1, -0.05) is 170 Å². The largest absolute Gasteiger partial charge is 0.208 e. The summed E-state index contributed by atoms with van der Waals surface area (Å²) < 4.78 is 0. The van der Waals surface area contributed by atoms with E-state index in [0.717, 1.165) is 44.0 Å². The number of benzene rings is 9. The van der Waals surface area contributed by atoms with Gasteiger partial charge in [0.1, 0.15) is 0 Å². The monoisotopic (exact) mass is 661 g/mol. The Kier molecular flexibility index (Phi) is 7.14. The SMILES string of the molecule is c1ccc(-c2ccc3cc(-c4cccc(-c5nc(-c6cccc7ccccc67)nc(-c6cccc7c6ccc6ccccc67)n5)c4)ccc3c2)cc1. The van der Waals surface area contributed by atoms with Gasteiger partial charge in [0, 0.05) is 16.7 Å². The lowest BCUT2D eigenvalue weighted by Crippen LogP contribution is -2.01. The first-order valence-electron chi connectivity index (χ1n) is 17.6. The van der Waals surface area contributed by atoms with Crippen molar-refractivity contribution in [3.05, 3.63) is 188 Å². The molecular formula is C49H31N3. The van der Waals surface area contributed by atoms with E-state index in [0.29, 0.717) is 17.5 Å². The van der Waals surface area contributed by atoms with Gasteiger partial charge in [0.05, 0.1) is 0 Å². The number of rotatable bonds is 5. The Hall–Kier alpha value is -6.97.